The summed E-state index contributed by atoms with van der Waals surface area (Å²) < 4.78 is 17.2. The number of thioether (sulfide) groups is 1. The number of para-hydroxylation sites is 2. The van der Waals surface area contributed by atoms with E-state index < -0.39 is 5.82 Å². The Kier molecular flexibility index (Phi) is 6.46. The summed E-state index contributed by atoms with van der Waals surface area (Å²) in [7, 11) is 0. The first kappa shape index (κ1) is 23.3. The highest BCUT2D eigenvalue weighted by atomic mass is 32.2. The number of fused-ring (bicyclic) bond motifs is 3. The first-order chi connectivity index (χ1) is 16.9. The van der Waals surface area contributed by atoms with Gasteiger partial charge >= 0.3 is 0 Å². The number of hydrogen-bond acceptors (Lipinski definition) is 5. The van der Waals surface area contributed by atoms with Crippen LogP contribution in [-0.4, -0.2) is 53.7 Å². The molecule has 2 unspecified atom stereocenters. The number of imidazole rings is 1. The fraction of sp³-hybridized carbons (Fsp3) is 0.360. The Morgan fingerprint density at radius 2 is 1.80 bits per heavy atom. The summed E-state index contributed by atoms with van der Waals surface area (Å²) in [5.74, 6) is 0.0256. The molecule has 5 rings (SSSR count). The molecule has 35 heavy (non-hydrogen) atoms. The van der Waals surface area contributed by atoms with Crippen LogP contribution < -0.4 is 5.32 Å². The predicted molar refractivity (Wildman–Crippen MR) is 134 cm³/mol. The molecule has 1 fully saturated rings. The van der Waals surface area contributed by atoms with E-state index in [0.717, 1.165) is 30.3 Å². The van der Waals surface area contributed by atoms with Crippen molar-refractivity contribution in [2.45, 2.75) is 56.9 Å². The average Bonchev–Trinajstić information content (AvgIpc) is 3.37. The number of halogens is 1. The highest BCUT2D eigenvalue weighted by molar-refractivity contribution is 7.99. The van der Waals surface area contributed by atoms with Gasteiger partial charge in [0.1, 0.15) is 12.4 Å². The van der Waals surface area contributed by atoms with Crippen molar-refractivity contribution in [3.63, 3.8) is 0 Å². The second kappa shape index (κ2) is 9.69. The monoisotopic (exact) mass is 494 g/mol. The number of anilines is 1. The van der Waals surface area contributed by atoms with Gasteiger partial charge in [0, 0.05) is 17.8 Å². The maximum atomic E-state index is 13.4. The molecule has 0 aliphatic carbocycles. The molecule has 1 aliphatic rings. The van der Waals surface area contributed by atoms with Gasteiger partial charge in [0.05, 0.1) is 16.8 Å². The molecule has 2 amide bonds. The van der Waals surface area contributed by atoms with Gasteiger partial charge in [-0.2, -0.15) is 0 Å². The number of piperidine rings is 1. The number of nitrogens with one attached hydrogen (secondary N) is 1. The van der Waals surface area contributed by atoms with Crippen molar-refractivity contribution < 1.29 is 14.0 Å². The molecule has 8 nitrogen and oxygen atoms in total. The Hall–Kier alpha value is -3.40. The van der Waals surface area contributed by atoms with Crippen molar-refractivity contribution in [1.29, 1.82) is 0 Å². The molecule has 0 spiro atoms. The number of likely N-dealkylation sites (tertiary alicyclic amines) is 1. The van der Waals surface area contributed by atoms with Crippen molar-refractivity contribution in [2.24, 2.45) is 0 Å². The summed E-state index contributed by atoms with van der Waals surface area (Å²) in [6.45, 7) is 4.39. The van der Waals surface area contributed by atoms with Gasteiger partial charge < -0.3 is 10.2 Å². The standard InChI is InChI=1S/C25H27FN6O2S/c1-16-7-5-8-17(2)31(16)23(34)14-30-20-11-3-4-12-21(20)32-24(30)28-29-25(32)35-15-22(33)27-19-10-6-9-18(26)13-19/h3-4,6,9-13,16-17H,5,7-8,14-15H2,1-2H3,(H,27,33). The topological polar surface area (TPSA) is 84.5 Å². The third kappa shape index (κ3) is 4.62. The maximum absolute atomic E-state index is 13.4. The number of amides is 2. The molecule has 0 bridgehead atoms. The molecule has 3 heterocycles. The first-order valence-electron chi connectivity index (χ1n) is 11.7. The summed E-state index contributed by atoms with van der Waals surface area (Å²) >= 11 is 1.24. The second-order valence-corrected chi connectivity index (χ2v) is 9.91. The van der Waals surface area contributed by atoms with E-state index in [0.29, 0.717) is 16.6 Å². The number of rotatable bonds is 6. The van der Waals surface area contributed by atoms with Crippen LogP contribution in [0.25, 0.3) is 16.8 Å². The van der Waals surface area contributed by atoms with Crippen LogP contribution >= 0.6 is 11.8 Å². The van der Waals surface area contributed by atoms with E-state index in [9.17, 15) is 14.0 Å². The van der Waals surface area contributed by atoms with Gasteiger partial charge in [0.2, 0.25) is 17.6 Å². The summed E-state index contributed by atoms with van der Waals surface area (Å²) in [5.41, 5.74) is 2.15. The van der Waals surface area contributed by atoms with Crippen molar-refractivity contribution in [3.8, 4) is 0 Å². The van der Waals surface area contributed by atoms with Crippen LogP contribution in [0, 0.1) is 5.82 Å². The quantitative estimate of drug-likeness (QED) is 0.403. The van der Waals surface area contributed by atoms with Crippen LogP contribution in [0.1, 0.15) is 33.1 Å². The molecule has 1 saturated heterocycles. The van der Waals surface area contributed by atoms with Gasteiger partial charge in [-0.1, -0.05) is 30.0 Å². The van der Waals surface area contributed by atoms with E-state index in [-0.39, 0.29) is 36.2 Å². The summed E-state index contributed by atoms with van der Waals surface area (Å²) in [4.78, 5) is 27.8. The van der Waals surface area contributed by atoms with Crippen LogP contribution in [0.5, 0.6) is 0 Å². The van der Waals surface area contributed by atoms with Gasteiger partial charge in [-0.05, 0) is 63.4 Å². The number of benzene rings is 2. The van der Waals surface area contributed by atoms with Crippen LogP contribution in [0.2, 0.25) is 0 Å². The molecule has 182 valence electrons. The van der Waals surface area contributed by atoms with Crippen LogP contribution in [-0.2, 0) is 16.1 Å². The van der Waals surface area contributed by atoms with Gasteiger partial charge in [0.25, 0.3) is 0 Å². The second-order valence-electron chi connectivity index (χ2n) is 8.97. The summed E-state index contributed by atoms with van der Waals surface area (Å²) in [5, 5.41) is 11.9. The molecule has 4 aromatic rings. The Morgan fingerprint density at radius 3 is 2.54 bits per heavy atom. The lowest BCUT2D eigenvalue weighted by Gasteiger charge is -2.39. The van der Waals surface area contributed by atoms with Crippen molar-refractivity contribution in [1.82, 2.24) is 24.1 Å². The van der Waals surface area contributed by atoms with Gasteiger partial charge in [-0.15, -0.1) is 10.2 Å². The van der Waals surface area contributed by atoms with E-state index >= 15 is 0 Å². The minimum absolute atomic E-state index is 0.0691. The third-order valence-corrected chi connectivity index (χ3v) is 7.42. The highest BCUT2D eigenvalue weighted by Crippen LogP contribution is 2.28. The number of carbonyl (C=O) groups excluding carboxylic acids is 2. The fourth-order valence-electron chi connectivity index (χ4n) is 4.91. The summed E-state index contributed by atoms with van der Waals surface area (Å²) in [6.07, 6.45) is 3.17. The van der Waals surface area contributed by atoms with E-state index in [2.05, 4.69) is 29.4 Å². The minimum atomic E-state index is -0.412. The molecule has 1 N–H and O–H groups in total. The largest absolute Gasteiger partial charge is 0.336 e. The molecule has 2 aromatic carbocycles. The molecular formula is C25H27FN6O2S. The van der Waals surface area contributed by atoms with Crippen molar-refractivity contribution in [3.05, 3.63) is 54.3 Å². The zero-order chi connectivity index (χ0) is 24.5. The van der Waals surface area contributed by atoms with Crippen LogP contribution in [0.3, 0.4) is 0 Å². The van der Waals surface area contributed by atoms with Crippen molar-refractivity contribution >= 4 is 46.1 Å². The average molecular weight is 495 g/mol. The number of hydrogen-bond donors (Lipinski definition) is 1. The highest BCUT2D eigenvalue weighted by Gasteiger charge is 2.30. The number of aromatic nitrogens is 4. The smallest absolute Gasteiger partial charge is 0.243 e. The normalized spacial score (nSPS) is 18.3. The number of carbonyl (C=O) groups is 2. The fourth-order valence-corrected chi connectivity index (χ4v) is 5.65. The van der Waals surface area contributed by atoms with E-state index in [4.69, 9.17) is 0 Å². The molecule has 1 aliphatic heterocycles. The van der Waals surface area contributed by atoms with E-state index in [1.165, 1.54) is 23.9 Å². The summed E-state index contributed by atoms with van der Waals surface area (Å²) in [6, 6.07) is 14.0. The Bertz CT molecular complexity index is 1390. The number of nitrogens with zero attached hydrogens (tertiary/aromatic N) is 5. The first-order valence-corrected chi connectivity index (χ1v) is 12.7. The van der Waals surface area contributed by atoms with Crippen LogP contribution in [0.15, 0.2) is 53.7 Å². The lowest BCUT2D eigenvalue weighted by Crippen LogP contribution is -2.48. The maximum Gasteiger partial charge on any atom is 0.243 e. The van der Waals surface area contributed by atoms with Crippen molar-refractivity contribution in [2.75, 3.05) is 11.1 Å². The zero-order valence-electron chi connectivity index (χ0n) is 19.6. The molecule has 10 heteroatoms. The minimum Gasteiger partial charge on any atom is -0.336 e. The van der Waals surface area contributed by atoms with Gasteiger partial charge in [0.15, 0.2) is 5.16 Å². The predicted octanol–water partition coefficient (Wildman–Crippen LogP) is 4.34. The third-order valence-electron chi connectivity index (χ3n) is 6.49. The molecule has 0 radical (unpaired) electrons. The molecule has 0 saturated carbocycles. The molecule has 2 aromatic heterocycles. The lowest BCUT2D eigenvalue weighted by atomic mass is 9.97. The van der Waals surface area contributed by atoms with Crippen LogP contribution in [0.4, 0.5) is 10.1 Å². The van der Waals surface area contributed by atoms with Gasteiger partial charge in [-0.3, -0.25) is 18.6 Å². The van der Waals surface area contributed by atoms with E-state index in [1.54, 1.807) is 12.1 Å². The lowest BCUT2D eigenvalue weighted by molar-refractivity contribution is -0.137. The SMILES string of the molecule is CC1CCCC(C)N1C(=O)Cn1c2ccccc2n2c(SCC(=O)Nc3cccc(F)c3)nnc12. The molecular weight excluding hydrogens is 467 g/mol. The van der Waals surface area contributed by atoms with Gasteiger partial charge in [-0.25, -0.2) is 4.39 Å². The Balaban J connectivity index is 1.39. The molecule has 2 atom stereocenters. The Morgan fingerprint density at radius 1 is 1.06 bits per heavy atom. The van der Waals surface area contributed by atoms with E-state index in [1.807, 2.05) is 38.1 Å². The zero-order valence-corrected chi connectivity index (χ0v) is 20.5. The Labute approximate surface area is 206 Å².